The Labute approximate surface area is 210 Å². The van der Waals surface area contributed by atoms with E-state index in [0.29, 0.717) is 23.0 Å². The number of carbonyl (C=O) groups is 1. The van der Waals surface area contributed by atoms with E-state index >= 15 is 0 Å². The number of carbonyl (C=O) groups excluding carboxylic acids is 1. The number of anilines is 1. The summed E-state index contributed by atoms with van der Waals surface area (Å²) in [7, 11) is 0. The van der Waals surface area contributed by atoms with E-state index in [2.05, 4.69) is 64.0 Å². The lowest BCUT2D eigenvalue weighted by molar-refractivity contribution is -0.110. The molecule has 32 heavy (non-hydrogen) atoms. The SMILES string of the molecule is CC(C)(C)c1cc(C=C2C(=O)Nc3c(Br)cc(Br)cc32)cc(Cl)c1OCc1ccccc1. The number of halogens is 3. The van der Waals surface area contributed by atoms with Gasteiger partial charge in [0.05, 0.1) is 10.7 Å². The molecule has 0 spiro atoms. The van der Waals surface area contributed by atoms with Gasteiger partial charge in [-0.1, -0.05) is 78.6 Å². The fraction of sp³-hybridized carbons (Fsp3) is 0.192. The van der Waals surface area contributed by atoms with Crippen LogP contribution in [0.4, 0.5) is 5.69 Å². The highest BCUT2D eigenvalue weighted by Crippen LogP contribution is 2.42. The maximum Gasteiger partial charge on any atom is 0.256 e. The lowest BCUT2D eigenvalue weighted by Crippen LogP contribution is -2.14. The number of fused-ring (bicyclic) bond motifs is 1. The molecule has 0 bridgehead atoms. The first-order chi connectivity index (χ1) is 15.1. The van der Waals surface area contributed by atoms with Crippen LogP contribution in [0.3, 0.4) is 0 Å². The first kappa shape index (κ1) is 23.1. The summed E-state index contributed by atoms with van der Waals surface area (Å²) in [5.41, 5.74) is 4.92. The Hall–Kier alpha value is -2.08. The molecule has 1 amide bonds. The number of nitrogens with one attached hydrogen (secondary N) is 1. The van der Waals surface area contributed by atoms with Gasteiger partial charge in [-0.2, -0.15) is 0 Å². The van der Waals surface area contributed by atoms with Crippen LogP contribution in [0.1, 0.15) is 43.0 Å². The Morgan fingerprint density at radius 1 is 1.06 bits per heavy atom. The summed E-state index contributed by atoms with van der Waals surface area (Å²) in [4.78, 5) is 12.7. The summed E-state index contributed by atoms with van der Waals surface area (Å²) < 4.78 is 7.89. The molecule has 0 radical (unpaired) electrons. The van der Waals surface area contributed by atoms with Crippen molar-refractivity contribution >= 4 is 66.7 Å². The Bertz CT molecular complexity index is 1230. The van der Waals surface area contributed by atoms with Crippen LogP contribution in [0, 0.1) is 0 Å². The van der Waals surface area contributed by atoms with Gasteiger partial charge in [0.1, 0.15) is 12.4 Å². The molecular formula is C26H22Br2ClNO2. The molecule has 3 nitrogen and oxygen atoms in total. The van der Waals surface area contributed by atoms with Crippen molar-refractivity contribution in [3.05, 3.63) is 90.8 Å². The third kappa shape index (κ3) is 4.80. The van der Waals surface area contributed by atoms with Crippen LogP contribution in [-0.2, 0) is 16.8 Å². The average Bonchev–Trinajstić information content (AvgIpc) is 3.03. The highest BCUT2D eigenvalue weighted by atomic mass is 79.9. The van der Waals surface area contributed by atoms with Crippen molar-refractivity contribution in [2.45, 2.75) is 32.8 Å². The van der Waals surface area contributed by atoms with E-state index in [-0.39, 0.29) is 11.3 Å². The summed E-state index contributed by atoms with van der Waals surface area (Å²) in [6.45, 7) is 6.80. The molecular weight excluding hydrogens is 554 g/mol. The monoisotopic (exact) mass is 573 g/mol. The number of amides is 1. The quantitative estimate of drug-likeness (QED) is 0.318. The van der Waals surface area contributed by atoms with Gasteiger partial charge in [-0.15, -0.1) is 0 Å². The van der Waals surface area contributed by atoms with E-state index in [9.17, 15) is 4.79 Å². The second-order valence-electron chi connectivity index (χ2n) is 8.73. The minimum atomic E-state index is -0.202. The fourth-order valence-corrected chi connectivity index (χ4v) is 5.26. The summed E-state index contributed by atoms with van der Waals surface area (Å²) in [6.07, 6.45) is 1.88. The number of ether oxygens (including phenoxy) is 1. The highest BCUT2D eigenvalue weighted by molar-refractivity contribution is 9.11. The number of hydrogen-bond acceptors (Lipinski definition) is 2. The van der Waals surface area contributed by atoms with Crippen molar-refractivity contribution in [3.63, 3.8) is 0 Å². The average molecular weight is 576 g/mol. The van der Waals surface area contributed by atoms with Gasteiger partial charge >= 0.3 is 0 Å². The second kappa shape index (κ2) is 9.05. The normalized spacial score (nSPS) is 14.4. The standard InChI is InChI=1S/C26H22Br2ClNO2/c1-26(2,3)20-10-16(11-22(29)24(20)32-14-15-7-5-4-6-8-15)9-19-18-12-17(27)13-21(28)23(18)30-25(19)31/h4-13H,14H2,1-3H3,(H,30,31). The van der Waals surface area contributed by atoms with Crippen molar-refractivity contribution in [1.82, 2.24) is 0 Å². The largest absolute Gasteiger partial charge is 0.487 e. The Kier molecular flexibility index (Phi) is 6.53. The predicted octanol–water partition coefficient (Wildman–Crippen LogP) is 8.23. The molecule has 0 unspecified atom stereocenters. The van der Waals surface area contributed by atoms with Gasteiger partial charge in [-0.05, 0) is 62.8 Å². The summed E-state index contributed by atoms with van der Waals surface area (Å²) in [6, 6.07) is 17.8. The van der Waals surface area contributed by atoms with E-state index in [1.807, 2.05) is 54.6 Å². The van der Waals surface area contributed by atoms with Crippen LogP contribution in [0.2, 0.25) is 5.02 Å². The van der Waals surface area contributed by atoms with E-state index in [0.717, 1.165) is 36.9 Å². The molecule has 1 N–H and O–H groups in total. The van der Waals surface area contributed by atoms with Gasteiger partial charge in [-0.25, -0.2) is 0 Å². The van der Waals surface area contributed by atoms with Crippen molar-refractivity contribution in [2.75, 3.05) is 5.32 Å². The lowest BCUT2D eigenvalue weighted by Gasteiger charge is -2.24. The van der Waals surface area contributed by atoms with E-state index in [4.69, 9.17) is 16.3 Å². The Morgan fingerprint density at radius 3 is 2.47 bits per heavy atom. The van der Waals surface area contributed by atoms with E-state index < -0.39 is 0 Å². The van der Waals surface area contributed by atoms with Crippen LogP contribution < -0.4 is 10.1 Å². The topological polar surface area (TPSA) is 38.3 Å². The number of hydrogen-bond donors (Lipinski definition) is 1. The molecule has 1 heterocycles. The van der Waals surface area contributed by atoms with Crippen LogP contribution in [0.5, 0.6) is 5.75 Å². The van der Waals surface area contributed by atoms with Gasteiger partial charge in [0.2, 0.25) is 0 Å². The van der Waals surface area contributed by atoms with Gasteiger partial charge in [0.15, 0.2) is 0 Å². The lowest BCUT2D eigenvalue weighted by atomic mass is 9.85. The first-order valence-corrected chi connectivity index (χ1v) is 12.1. The van der Waals surface area contributed by atoms with Crippen molar-refractivity contribution in [1.29, 1.82) is 0 Å². The predicted molar refractivity (Wildman–Crippen MR) is 139 cm³/mol. The van der Waals surface area contributed by atoms with Crippen LogP contribution >= 0.6 is 43.5 Å². The molecule has 0 saturated heterocycles. The molecule has 164 valence electrons. The smallest absolute Gasteiger partial charge is 0.256 e. The van der Waals surface area contributed by atoms with Gasteiger partial charge in [0, 0.05) is 25.6 Å². The zero-order valence-corrected chi connectivity index (χ0v) is 21.9. The van der Waals surface area contributed by atoms with Crippen LogP contribution in [0.15, 0.2) is 63.5 Å². The maximum atomic E-state index is 12.7. The van der Waals surface area contributed by atoms with Gasteiger partial charge in [0.25, 0.3) is 5.91 Å². The molecule has 1 aliphatic heterocycles. The van der Waals surface area contributed by atoms with Crippen LogP contribution in [0.25, 0.3) is 11.6 Å². The third-order valence-corrected chi connectivity index (χ3v) is 6.60. The minimum Gasteiger partial charge on any atom is -0.487 e. The second-order valence-corrected chi connectivity index (χ2v) is 10.9. The van der Waals surface area contributed by atoms with Gasteiger partial charge < -0.3 is 10.1 Å². The van der Waals surface area contributed by atoms with E-state index in [1.165, 1.54) is 0 Å². The molecule has 0 fully saturated rings. The molecule has 1 aliphatic rings. The first-order valence-electron chi connectivity index (χ1n) is 10.2. The Morgan fingerprint density at radius 2 is 1.78 bits per heavy atom. The number of benzene rings is 3. The summed E-state index contributed by atoms with van der Waals surface area (Å²) in [5, 5.41) is 3.46. The zero-order valence-electron chi connectivity index (χ0n) is 17.9. The molecule has 0 aliphatic carbocycles. The molecule has 4 rings (SSSR count). The van der Waals surface area contributed by atoms with Crippen molar-refractivity contribution < 1.29 is 9.53 Å². The minimum absolute atomic E-state index is 0.142. The summed E-state index contributed by atoms with van der Waals surface area (Å²) in [5.74, 6) is 0.531. The van der Waals surface area contributed by atoms with Crippen LogP contribution in [-0.4, -0.2) is 5.91 Å². The van der Waals surface area contributed by atoms with E-state index in [1.54, 1.807) is 0 Å². The molecule has 0 atom stereocenters. The Balaban J connectivity index is 1.76. The maximum absolute atomic E-state index is 12.7. The highest BCUT2D eigenvalue weighted by Gasteiger charge is 2.28. The third-order valence-electron chi connectivity index (χ3n) is 5.24. The summed E-state index contributed by atoms with van der Waals surface area (Å²) >= 11 is 13.7. The molecule has 0 saturated carbocycles. The van der Waals surface area contributed by atoms with Crippen molar-refractivity contribution in [3.8, 4) is 5.75 Å². The van der Waals surface area contributed by atoms with Gasteiger partial charge in [-0.3, -0.25) is 4.79 Å². The molecule has 6 heteroatoms. The molecule has 0 aromatic heterocycles. The zero-order chi connectivity index (χ0) is 23.0. The molecule has 3 aromatic carbocycles. The number of rotatable bonds is 4. The van der Waals surface area contributed by atoms with Crippen molar-refractivity contribution in [2.24, 2.45) is 0 Å². The fourth-order valence-electron chi connectivity index (χ4n) is 3.66. The molecule has 3 aromatic rings.